The van der Waals surface area contributed by atoms with Gasteiger partial charge in [-0.1, -0.05) is 6.07 Å². The number of nitriles is 1. The Morgan fingerprint density at radius 3 is 2.81 bits per heavy atom. The van der Waals surface area contributed by atoms with Crippen LogP contribution < -0.4 is 5.73 Å². The molecule has 0 amide bonds. The minimum atomic E-state index is -0.575. The number of fused-ring (bicyclic) bond motifs is 1. The normalized spacial score (nSPS) is 10.7. The monoisotopic (exact) mass is 281 g/mol. The van der Waals surface area contributed by atoms with Crippen molar-refractivity contribution in [2.45, 2.75) is 13.2 Å². The first-order valence-electron chi connectivity index (χ1n) is 6.37. The topological polar surface area (TPSA) is 80.5 Å². The number of nitrogen functional groups attached to an aromatic ring is 1. The highest BCUT2D eigenvalue weighted by Gasteiger charge is 2.09. The summed E-state index contributed by atoms with van der Waals surface area (Å²) in [5, 5.41) is 14.0. The predicted octanol–water partition coefficient (Wildman–Crippen LogP) is 2.40. The minimum Gasteiger partial charge on any atom is -0.382 e. The van der Waals surface area contributed by atoms with Crippen molar-refractivity contribution in [1.29, 1.82) is 5.26 Å². The first kappa shape index (κ1) is 13.1. The molecule has 6 heteroatoms. The quantitative estimate of drug-likeness (QED) is 0.799. The lowest BCUT2D eigenvalue weighted by atomic mass is 10.1. The van der Waals surface area contributed by atoms with Gasteiger partial charge < -0.3 is 5.73 Å². The second-order valence-corrected chi connectivity index (χ2v) is 4.68. The van der Waals surface area contributed by atoms with E-state index in [1.54, 1.807) is 29.1 Å². The van der Waals surface area contributed by atoms with Crippen LogP contribution in [0, 0.1) is 11.3 Å². The highest BCUT2D eigenvalue weighted by Crippen LogP contribution is 2.22. The molecule has 0 saturated carbocycles. The zero-order valence-electron chi connectivity index (χ0n) is 11.1. The molecule has 0 saturated heterocycles. The lowest BCUT2D eigenvalue weighted by Gasteiger charge is -2.04. The molecule has 3 rings (SSSR count). The Balaban J connectivity index is 1.98. The Hall–Kier alpha value is -2.94. The molecule has 2 heterocycles. The van der Waals surface area contributed by atoms with Crippen molar-refractivity contribution in [2.75, 3.05) is 5.73 Å². The van der Waals surface area contributed by atoms with Crippen molar-refractivity contribution in [3.63, 3.8) is 0 Å². The summed E-state index contributed by atoms with van der Waals surface area (Å²) in [6.45, 7) is -0.0893. The maximum Gasteiger partial charge on any atom is 0.153 e. The van der Waals surface area contributed by atoms with Crippen molar-refractivity contribution < 1.29 is 4.39 Å². The molecule has 0 radical (unpaired) electrons. The van der Waals surface area contributed by atoms with Gasteiger partial charge in [0.2, 0.25) is 0 Å². The van der Waals surface area contributed by atoms with Gasteiger partial charge in [0.1, 0.15) is 6.67 Å². The number of pyridine rings is 1. The van der Waals surface area contributed by atoms with E-state index in [1.165, 1.54) is 0 Å². The highest BCUT2D eigenvalue weighted by atomic mass is 19.1. The van der Waals surface area contributed by atoms with Crippen LogP contribution in [0.3, 0.4) is 0 Å². The van der Waals surface area contributed by atoms with E-state index in [9.17, 15) is 4.39 Å². The van der Waals surface area contributed by atoms with E-state index in [2.05, 4.69) is 16.2 Å². The molecule has 0 spiro atoms. The predicted molar refractivity (Wildman–Crippen MR) is 77.0 cm³/mol. The van der Waals surface area contributed by atoms with E-state index in [4.69, 9.17) is 11.0 Å². The molecule has 0 atom stereocenters. The molecule has 2 N–H and O–H groups in total. The van der Waals surface area contributed by atoms with E-state index in [-0.39, 0.29) is 0 Å². The van der Waals surface area contributed by atoms with Gasteiger partial charge in [0, 0.05) is 11.6 Å². The number of halogens is 1. The van der Waals surface area contributed by atoms with E-state index < -0.39 is 6.67 Å². The SMILES string of the molecule is N#Cc1ccc2c(c1)c(N)nn2Cc1ccc(CF)nc1. The molecule has 0 aliphatic heterocycles. The Kier molecular flexibility index (Phi) is 3.24. The molecular formula is C15H12FN5. The van der Waals surface area contributed by atoms with Crippen molar-refractivity contribution in [3.05, 3.63) is 53.3 Å². The van der Waals surface area contributed by atoms with Gasteiger partial charge in [-0.3, -0.25) is 9.67 Å². The molecule has 2 aromatic heterocycles. The third-order valence-corrected chi connectivity index (χ3v) is 3.26. The summed E-state index contributed by atoms with van der Waals surface area (Å²) in [7, 11) is 0. The molecule has 21 heavy (non-hydrogen) atoms. The minimum absolute atomic E-state index is 0.385. The molecule has 0 aliphatic rings. The fraction of sp³-hybridized carbons (Fsp3) is 0.133. The average Bonchev–Trinajstić information content (AvgIpc) is 2.83. The van der Waals surface area contributed by atoms with Gasteiger partial charge in [-0.05, 0) is 29.8 Å². The number of aromatic nitrogens is 3. The summed E-state index contributed by atoms with van der Waals surface area (Å²) in [5.41, 5.74) is 8.59. The van der Waals surface area contributed by atoms with Gasteiger partial charge in [-0.15, -0.1) is 0 Å². The molecular weight excluding hydrogens is 269 g/mol. The van der Waals surface area contributed by atoms with E-state index in [0.29, 0.717) is 23.6 Å². The summed E-state index contributed by atoms with van der Waals surface area (Å²) >= 11 is 0. The van der Waals surface area contributed by atoms with Gasteiger partial charge in [0.25, 0.3) is 0 Å². The maximum absolute atomic E-state index is 12.4. The summed E-state index contributed by atoms with van der Waals surface area (Å²) in [6, 6.07) is 10.8. The van der Waals surface area contributed by atoms with Gasteiger partial charge >= 0.3 is 0 Å². The molecule has 1 aromatic carbocycles. The summed E-state index contributed by atoms with van der Waals surface area (Å²) in [6.07, 6.45) is 1.63. The zero-order valence-corrected chi connectivity index (χ0v) is 11.1. The van der Waals surface area contributed by atoms with Crippen LogP contribution in [0.25, 0.3) is 10.9 Å². The number of nitrogens with two attached hydrogens (primary N) is 1. The van der Waals surface area contributed by atoms with Crippen molar-refractivity contribution in [3.8, 4) is 6.07 Å². The molecule has 0 bridgehead atoms. The Labute approximate surface area is 120 Å². The number of alkyl halides is 1. The molecule has 0 unspecified atom stereocenters. The summed E-state index contributed by atoms with van der Waals surface area (Å²) in [5.74, 6) is 0.385. The van der Waals surface area contributed by atoms with Crippen LogP contribution in [0.5, 0.6) is 0 Å². The van der Waals surface area contributed by atoms with Gasteiger partial charge in [-0.2, -0.15) is 10.4 Å². The van der Waals surface area contributed by atoms with Crippen LogP contribution in [-0.4, -0.2) is 14.8 Å². The first-order valence-corrected chi connectivity index (χ1v) is 6.37. The lowest BCUT2D eigenvalue weighted by Crippen LogP contribution is -2.03. The molecule has 0 aliphatic carbocycles. The van der Waals surface area contributed by atoms with Crippen LogP contribution in [-0.2, 0) is 13.2 Å². The smallest absolute Gasteiger partial charge is 0.153 e. The fourth-order valence-electron chi connectivity index (χ4n) is 2.19. The van der Waals surface area contributed by atoms with E-state index >= 15 is 0 Å². The number of hydrogen-bond donors (Lipinski definition) is 1. The second kappa shape index (κ2) is 5.21. The number of benzene rings is 1. The van der Waals surface area contributed by atoms with Gasteiger partial charge in [-0.25, -0.2) is 4.39 Å². The van der Waals surface area contributed by atoms with E-state index in [0.717, 1.165) is 16.5 Å². The van der Waals surface area contributed by atoms with Gasteiger partial charge in [0.05, 0.1) is 29.4 Å². The lowest BCUT2D eigenvalue weighted by molar-refractivity contribution is 0.475. The number of hydrogen-bond acceptors (Lipinski definition) is 4. The van der Waals surface area contributed by atoms with E-state index in [1.807, 2.05) is 12.1 Å². The van der Waals surface area contributed by atoms with Crippen LogP contribution in [0.1, 0.15) is 16.8 Å². The number of anilines is 1. The number of rotatable bonds is 3. The Bertz CT molecular complexity index is 830. The zero-order chi connectivity index (χ0) is 14.8. The van der Waals surface area contributed by atoms with Crippen LogP contribution in [0.4, 0.5) is 10.2 Å². The third-order valence-electron chi connectivity index (χ3n) is 3.26. The molecule has 5 nitrogen and oxygen atoms in total. The van der Waals surface area contributed by atoms with Crippen LogP contribution >= 0.6 is 0 Å². The average molecular weight is 281 g/mol. The largest absolute Gasteiger partial charge is 0.382 e. The first-order chi connectivity index (χ1) is 10.2. The van der Waals surface area contributed by atoms with Crippen molar-refractivity contribution in [2.24, 2.45) is 0 Å². The fourth-order valence-corrected chi connectivity index (χ4v) is 2.19. The van der Waals surface area contributed by atoms with Gasteiger partial charge in [0.15, 0.2) is 5.82 Å². The maximum atomic E-state index is 12.4. The molecule has 104 valence electrons. The summed E-state index contributed by atoms with van der Waals surface area (Å²) in [4.78, 5) is 4.02. The number of nitrogens with zero attached hydrogens (tertiary/aromatic N) is 4. The molecule has 0 fully saturated rings. The van der Waals surface area contributed by atoms with Crippen molar-refractivity contribution >= 4 is 16.7 Å². The van der Waals surface area contributed by atoms with Crippen LogP contribution in [0.2, 0.25) is 0 Å². The third kappa shape index (κ3) is 2.41. The van der Waals surface area contributed by atoms with Crippen molar-refractivity contribution in [1.82, 2.24) is 14.8 Å². The second-order valence-electron chi connectivity index (χ2n) is 4.68. The Morgan fingerprint density at radius 1 is 1.29 bits per heavy atom. The highest BCUT2D eigenvalue weighted by molar-refractivity contribution is 5.90. The van der Waals surface area contributed by atoms with Crippen LogP contribution in [0.15, 0.2) is 36.5 Å². The standard InChI is InChI=1S/C15H12FN5/c16-6-12-3-1-11(8-19-12)9-21-14-4-2-10(7-17)5-13(14)15(18)20-21/h1-5,8H,6,9H2,(H2,18,20). The Morgan fingerprint density at radius 2 is 2.14 bits per heavy atom. The summed E-state index contributed by atoms with van der Waals surface area (Å²) < 4.78 is 14.2. The molecule has 3 aromatic rings.